The summed E-state index contributed by atoms with van der Waals surface area (Å²) < 4.78 is 0. The van der Waals surface area contributed by atoms with Gasteiger partial charge in [-0.1, -0.05) is 37.3 Å². The molecule has 0 unspecified atom stereocenters. The summed E-state index contributed by atoms with van der Waals surface area (Å²) in [7, 11) is 0. The number of carbonyl (C=O) groups excluding carboxylic acids is 1. The van der Waals surface area contributed by atoms with Crippen LogP contribution in [-0.4, -0.2) is 29.3 Å². The molecule has 0 radical (unpaired) electrons. The van der Waals surface area contributed by atoms with Crippen molar-refractivity contribution in [3.05, 3.63) is 66.2 Å². The van der Waals surface area contributed by atoms with Gasteiger partial charge in [-0.2, -0.15) is 0 Å². The standard InChI is InChI=1S/C23H25N5O/c1-2-17-8-3-4-11-20(17)25-23(29)24-19-10-7-9-18(16-19)21-12-13-22(27-26-21)28-14-5-6-15-28/h3-4,7-13,16H,2,5-6,14-15H2,1H3,(H2,24,25,29). The lowest BCUT2D eigenvalue weighted by Crippen LogP contribution is -2.20. The first-order valence-corrected chi connectivity index (χ1v) is 10.1. The van der Waals surface area contributed by atoms with E-state index >= 15 is 0 Å². The van der Waals surface area contributed by atoms with Crippen LogP contribution in [0.3, 0.4) is 0 Å². The molecule has 0 bridgehead atoms. The number of nitrogens with one attached hydrogen (secondary N) is 2. The lowest BCUT2D eigenvalue weighted by Gasteiger charge is -2.15. The van der Waals surface area contributed by atoms with Gasteiger partial charge < -0.3 is 15.5 Å². The number of anilines is 3. The van der Waals surface area contributed by atoms with Gasteiger partial charge >= 0.3 is 6.03 Å². The third-order valence-electron chi connectivity index (χ3n) is 5.14. The van der Waals surface area contributed by atoms with Crippen LogP contribution in [0.1, 0.15) is 25.3 Å². The van der Waals surface area contributed by atoms with Crippen molar-refractivity contribution in [1.29, 1.82) is 0 Å². The Balaban J connectivity index is 1.45. The third-order valence-corrected chi connectivity index (χ3v) is 5.14. The number of carbonyl (C=O) groups is 1. The molecule has 0 spiro atoms. The molecule has 29 heavy (non-hydrogen) atoms. The molecule has 0 saturated carbocycles. The summed E-state index contributed by atoms with van der Waals surface area (Å²) in [5.74, 6) is 0.925. The van der Waals surface area contributed by atoms with E-state index < -0.39 is 0 Å². The molecule has 148 valence electrons. The zero-order chi connectivity index (χ0) is 20.1. The minimum absolute atomic E-state index is 0.265. The lowest BCUT2D eigenvalue weighted by atomic mass is 10.1. The van der Waals surface area contributed by atoms with Crippen molar-refractivity contribution < 1.29 is 4.79 Å². The van der Waals surface area contributed by atoms with Crippen LogP contribution in [0.5, 0.6) is 0 Å². The number of hydrogen-bond acceptors (Lipinski definition) is 4. The second-order valence-corrected chi connectivity index (χ2v) is 7.14. The topological polar surface area (TPSA) is 70.2 Å². The highest BCUT2D eigenvalue weighted by Crippen LogP contribution is 2.23. The molecule has 3 aromatic rings. The van der Waals surface area contributed by atoms with E-state index in [1.165, 1.54) is 12.8 Å². The number of aryl methyl sites for hydroxylation is 1. The smallest absolute Gasteiger partial charge is 0.323 e. The summed E-state index contributed by atoms with van der Waals surface area (Å²) in [5, 5.41) is 14.6. The normalized spacial score (nSPS) is 13.3. The van der Waals surface area contributed by atoms with E-state index in [0.717, 1.165) is 47.8 Å². The SMILES string of the molecule is CCc1ccccc1NC(=O)Nc1cccc(-c2ccc(N3CCCC3)nn2)c1. The maximum absolute atomic E-state index is 12.4. The summed E-state index contributed by atoms with van der Waals surface area (Å²) in [6, 6.07) is 19.2. The fraction of sp³-hybridized carbons (Fsp3) is 0.261. The molecule has 1 aromatic heterocycles. The number of para-hydroxylation sites is 1. The van der Waals surface area contributed by atoms with Crippen LogP contribution in [0.4, 0.5) is 22.0 Å². The van der Waals surface area contributed by atoms with Gasteiger partial charge in [-0.15, -0.1) is 10.2 Å². The van der Waals surface area contributed by atoms with E-state index in [4.69, 9.17) is 0 Å². The number of aromatic nitrogens is 2. The number of amides is 2. The number of urea groups is 1. The van der Waals surface area contributed by atoms with Gasteiger partial charge in [-0.25, -0.2) is 4.79 Å². The first kappa shape index (κ1) is 18.9. The van der Waals surface area contributed by atoms with Crippen molar-refractivity contribution in [2.24, 2.45) is 0 Å². The largest absolute Gasteiger partial charge is 0.355 e. The summed E-state index contributed by atoms with van der Waals surface area (Å²) in [6.07, 6.45) is 3.28. The maximum Gasteiger partial charge on any atom is 0.323 e. The highest BCUT2D eigenvalue weighted by Gasteiger charge is 2.14. The molecule has 2 heterocycles. The van der Waals surface area contributed by atoms with E-state index in [2.05, 4.69) is 32.7 Å². The molecule has 0 atom stereocenters. The Labute approximate surface area is 171 Å². The average Bonchev–Trinajstić information content (AvgIpc) is 3.29. The predicted octanol–water partition coefficient (Wildman–Crippen LogP) is 4.95. The first-order valence-electron chi connectivity index (χ1n) is 10.1. The lowest BCUT2D eigenvalue weighted by molar-refractivity contribution is 0.262. The van der Waals surface area contributed by atoms with Gasteiger partial charge in [-0.3, -0.25) is 0 Å². The molecule has 2 N–H and O–H groups in total. The van der Waals surface area contributed by atoms with Crippen LogP contribution >= 0.6 is 0 Å². The van der Waals surface area contributed by atoms with Gasteiger partial charge in [0.1, 0.15) is 0 Å². The van der Waals surface area contributed by atoms with Crippen molar-refractivity contribution in [2.75, 3.05) is 28.6 Å². The second kappa shape index (κ2) is 8.73. The van der Waals surface area contributed by atoms with Gasteiger partial charge in [0, 0.05) is 30.0 Å². The fourth-order valence-electron chi connectivity index (χ4n) is 3.59. The number of hydrogen-bond donors (Lipinski definition) is 2. The van der Waals surface area contributed by atoms with Crippen molar-refractivity contribution in [2.45, 2.75) is 26.2 Å². The molecule has 1 saturated heterocycles. The Kier molecular flexibility index (Phi) is 5.70. The Hall–Kier alpha value is -3.41. The van der Waals surface area contributed by atoms with E-state index in [1.54, 1.807) is 0 Å². The summed E-state index contributed by atoms with van der Waals surface area (Å²) in [5.41, 5.74) is 4.33. The van der Waals surface area contributed by atoms with Crippen LogP contribution in [0.25, 0.3) is 11.3 Å². The van der Waals surface area contributed by atoms with Crippen molar-refractivity contribution in [3.8, 4) is 11.3 Å². The zero-order valence-electron chi connectivity index (χ0n) is 16.6. The number of rotatable bonds is 5. The van der Waals surface area contributed by atoms with E-state index in [0.29, 0.717) is 5.69 Å². The highest BCUT2D eigenvalue weighted by molar-refractivity contribution is 6.00. The van der Waals surface area contributed by atoms with Crippen LogP contribution in [-0.2, 0) is 6.42 Å². The molecule has 0 aliphatic carbocycles. The monoisotopic (exact) mass is 387 g/mol. The molecular formula is C23H25N5O. The quantitative estimate of drug-likeness (QED) is 0.650. The molecule has 6 nitrogen and oxygen atoms in total. The van der Waals surface area contributed by atoms with Crippen molar-refractivity contribution >= 4 is 23.2 Å². The number of nitrogens with zero attached hydrogens (tertiary/aromatic N) is 3. The van der Waals surface area contributed by atoms with E-state index in [-0.39, 0.29) is 6.03 Å². The highest BCUT2D eigenvalue weighted by atomic mass is 16.2. The first-order chi connectivity index (χ1) is 14.2. The average molecular weight is 387 g/mol. The minimum atomic E-state index is -0.265. The molecule has 1 fully saturated rings. The van der Waals surface area contributed by atoms with E-state index in [1.807, 2.05) is 60.7 Å². The molecule has 2 amide bonds. The Morgan fingerprint density at radius 1 is 0.966 bits per heavy atom. The van der Waals surface area contributed by atoms with Gasteiger partial charge in [-0.05, 0) is 55.2 Å². The van der Waals surface area contributed by atoms with Crippen LogP contribution in [0.15, 0.2) is 60.7 Å². The molecule has 2 aromatic carbocycles. The zero-order valence-corrected chi connectivity index (χ0v) is 16.6. The van der Waals surface area contributed by atoms with Gasteiger partial charge in [0.05, 0.1) is 5.69 Å². The molecule has 6 heteroatoms. The number of benzene rings is 2. The Morgan fingerprint density at radius 2 is 1.79 bits per heavy atom. The summed E-state index contributed by atoms with van der Waals surface area (Å²) in [6.45, 7) is 4.16. The van der Waals surface area contributed by atoms with Crippen LogP contribution in [0.2, 0.25) is 0 Å². The van der Waals surface area contributed by atoms with Crippen molar-refractivity contribution in [3.63, 3.8) is 0 Å². The fourth-order valence-corrected chi connectivity index (χ4v) is 3.59. The summed E-state index contributed by atoms with van der Waals surface area (Å²) >= 11 is 0. The molecule has 4 rings (SSSR count). The predicted molar refractivity (Wildman–Crippen MR) is 117 cm³/mol. The minimum Gasteiger partial charge on any atom is -0.355 e. The maximum atomic E-state index is 12.4. The summed E-state index contributed by atoms with van der Waals surface area (Å²) in [4.78, 5) is 14.7. The Morgan fingerprint density at radius 3 is 2.55 bits per heavy atom. The molecule has 1 aliphatic rings. The van der Waals surface area contributed by atoms with Crippen molar-refractivity contribution in [1.82, 2.24) is 10.2 Å². The van der Waals surface area contributed by atoms with Crippen LogP contribution in [0, 0.1) is 0 Å². The van der Waals surface area contributed by atoms with Gasteiger partial charge in [0.15, 0.2) is 5.82 Å². The molecule has 1 aliphatic heterocycles. The van der Waals surface area contributed by atoms with Crippen LogP contribution < -0.4 is 15.5 Å². The van der Waals surface area contributed by atoms with Gasteiger partial charge in [0.2, 0.25) is 0 Å². The second-order valence-electron chi connectivity index (χ2n) is 7.14. The third kappa shape index (κ3) is 4.54. The van der Waals surface area contributed by atoms with E-state index in [9.17, 15) is 4.79 Å². The van der Waals surface area contributed by atoms with Gasteiger partial charge in [0.25, 0.3) is 0 Å². The Bertz CT molecular complexity index is 981. The molecular weight excluding hydrogens is 362 g/mol.